The molecule has 0 aliphatic carbocycles. The van der Waals surface area contributed by atoms with Crippen molar-refractivity contribution < 1.29 is 9.59 Å². The average molecular weight is 186 g/mol. The van der Waals surface area contributed by atoms with Crippen LogP contribution in [0.3, 0.4) is 0 Å². The Balaban J connectivity index is 3.02. The summed E-state index contributed by atoms with van der Waals surface area (Å²) in [7, 11) is 0. The first kappa shape index (κ1) is 10.1. The molecule has 0 unspecified atom stereocenters. The molecule has 0 bridgehead atoms. The first-order chi connectivity index (χ1) is 6.88. The second-order valence-corrected chi connectivity index (χ2v) is 2.62. The van der Waals surface area contributed by atoms with Crippen molar-refractivity contribution in [2.75, 3.05) is 0 Å². The number of hydrogen-bond donors (Lipinski definition) is 0. The molecule has 2 nitrogen and oxygen atoms in total. The molecule has 2 heteroatoms. The summed E-state index contributed by atoms with van der Waals surface area (Å²) in [6.45, 7) is 0. The summed E-state index contributed by atoms with van der Waals surface area (Å²) in [5, 5.41) is 0. The van der Waals surface area contributed by atoms with Gasteiger partial charge in [0, 0.05) is 0 Å². The second-order valence-electron chi connectivity index (χ2n) is 2.62. The van der Waals surface area contributed by atoms with Gasteiger partial charge in [-0.2, -0.15) is 0 Å². The van der Waals surface area contributed by atoms with Gasteiger partial charge in [-0.1, -0.05) is 36.4 Å². The number of carbonyl (C=O) groups is 2. The molecule has 70 valence electrons. The van der Waals surface area contributed by atoms with Crippen molar-refractivity contribution in [3.05, 3.63) is 47.5 Å². The SMILES string of the molecule is O=C/C=C/c1ccccc1/C=C/C=O. The molecule has 14 heavy (non-hydrogen) atoms. The van der Waals surface area contributed by atoms with E-state index < -0.39 is 0 Å². The topological polar surface area (TPSA) is 34.1 Å². The van der Waals surface area contributed by atoms with E-state index in [4.69, 9.17) is 0 Å². The zero-order valence-electron chi connectivity index (χ0n) is 7.59. The predicted molar refractivity (Wildman–Crippen MR) is 56.6 cm³/mol. The molecule has 0 heterocycles. The number of rotatable bonds is 4. The number of allylic oxidation sites excluding steroid dienone is 2. The maximum Gasteiger partial charge on any atom is 0.142 e. The fourth-order valence-electron chi connectivity index (χ4n) is 1.10. The minimum Gasteiger partial charge on any atom is -0.299 e. The maximum absolute atomic E-state index is 10.1. The van der Waals surface area contributed by atoms with Crippen LogP contribution in [0.2, 0.25) is 0 Å². The van der Waals surface area contributed by atoms with Gasteiger partial charge >= 0.3 is 0 Å². The van der Waals surface area contributed by atoms with E-state index in [9.17, 15) is 9.59 Å². The largest absolute Gasteiger partial charge is 0.299 e. The third kappa shape index (κ3) is 2.83. The van der Waals surface area contributed by atoms with Crippen LogP contribution in [0, 0.1) is 0 Å². The van der Waals surface area contributed by atoms with Gasteiger partial charge in [-0.15, -0.1) is 0 Å². The van der Waals surface area contributed by atoms with E-state index in [1.54, 1.807) is 12.2 Å². The van der Waals surface area contributed by atoms with Gasteiger partial charge in [0.05, 0.1) is 0 Å². The molecule has 0 aliphatic heterocycles. The van der Waals surface area contributed by atoms with Gasteiger partial charge in [0.2, 0.25) is 0 Å². The van der Waals surface area contributed by atoms with Crippen molar-refractivity contribution in [2.45, 2.75) is 0 Å². The molecule has 0 saturated heterocycles. The highest BCUT2D eigenvalue weighted by Crippen LogP contribution is 2.11. The molecule has 0 radical (unpaired) electrons. The fourth-order valence-corrected chi connectivity index (χ4v) is 1.10. The van der Waals surface area contributed by atoms with E-state index in [0.717, 1.165) is 23.7 Å². The van der Waals surface area contributed by atoms with Gasteiger partial charge in [-0.25, -0.2) is 0 Å². The van der Waals surface area contributed by atoms with Gasteiger partial charge in [0.25, 0.3) is 0 Å². The average Bonchev–Trinajstić information content (AvgIpc) is 2.24. The normalized spacial score (nSPS) is 10.9. The van der Waals surface area contributed by atoms with Crippen molar-refractivity contribution in [1.82, 2.24) is 0 Å². The van der Waals surface area contributed by atoms with Gasteiger partial charge in [-0.3, -0.25) is 9.59 Å². The summed E-state index contributed by atoms with van der Waals surface area (Å²) in [6.07, 6.45) is 7.70. The van der Waals surface area contributed by atoms with Crippen molar-refractivity contribution in [1.29, 1.82) is 0 Å². The second kappa shape index (κ2) is 5.65. The van der Waals surface area contributed by atoms with Crippen molar-refractivity contribution in [2.24, 2.45) is 0 Å². The van der Waals surface area contributed by atoms with Gasteiger partial charge in [0.1, 0.15) is 12.6 Å². The molecule has 0 spiro atoms. The molecule has 0 amide bonds. The van der Waals surface area contributed by atoms with Crippen LogP contribution < -0.4 is 0 Å². The highest BCUT2D eigenvalue weighted by molar-refractivity contribution is 5.79. The summed E-state index contributed by atoms with van der Waals surface area (Å²) in [6, 6.07) is 7.51. The lowest BCUT2D eigenvalue weighted by molar-refractivity contribution is -0.104. The first-order valence-electron chi connectivity index (χ1n) is 4.21. The molecule has 1 aromatic carbocycles. The van der Waals surface area contributed by atoms with E-state index in [2.05, 4.69) is 0 Å². The minimum atomic E-state index is 0.722. The van der Waals surface area contributed by atoms with E-state index >= 15 is 0 Å². The van der Waals surface area contributed by atoms with Crippen LogP contribution in [-0.4, -0.2) is 12.6 Å². The molecule has 0 aromatic heterocycles. The number of carbonyl (C=O) groups excluding carboxylic acids is 2. The van der Waals surface area contributed by atoms with Crippen molar-refractivity contribution in [3.63, 3.8) is 0 Å². The molecule has 1 aromatic rings. The molecule has 0 saturated carbocycles. The van der Waals surface area contributed by atoms with Crippen LogP contribution in [0.4, 0.5) is 0 Å². The smallest absolute Gasteiger partial charge is 0.142 e. The Morgan fingerprint density at radius 1 is 0.786 bits per heavy atom. The lowest BCUT2D eigenvalue weighted by Gasteiger charge is -1.98. The van der Waals surface area contributed by atoms with E-state index in [1.807, 2.05) is 24.3 Å². The lowest BCUT2D eigenvalue weighted by atomic mass is 10.1. The van der Waals surface area contributed by atoms with Crippen LogP contribution in [-0.2, 0) is 9.59 Å². The van der Waals surface area contributed by atoms with E-state index in [0.29, 0.717) is 0 Å². The highest BCUT2D eigenvalue weighted by Gasteiger charge is 1.92. The van der Waals surface area contributed by atoms with Crippen molar-refractivity contribution in [3.8, 4) is 0 Å². The minimum absolute atomic E-state index is 0.722. The quantitative estimate of drug-likeness (QED) is 0.533. The number of hydrogen-bond acceptors (Lipinski definition) is 2. The van der Waals surface area contributed by atoms with Crippen LogP contribution in [0.5, 0.6) is 0 Å². The summed E-state index contributed by atoms with van der Waals surface area (Å²) < 4.78 is 0. The summed E-state index contributed by atoms with van der Waals surface area (Å²) in [5.41, 5.74) is 1.83. The Bertz CT molecular complexity index is 339. The highest BCUT2D eigenvalue weighted by atomic mass is 16.1. The number of benzene rings is 1. The Morgan fingerprint density at radius 3 is 1.57 bits per heavy atom. The van der Waals surface area contributed by atoms with Crippen molar-refractivity contribution >= 4 is 24.7 Å². The molecule has 0 fully saturated rings. The summed E-state index contributed by atoms with van der Waals surface area (Å²) in [5.74, 6) is 0. The van der Waals surface area contributed by atoms with Gasteiger partial charge in [-0.05, 0) is 23.3 Å². The van der Waals surface area contributed by atoms with Crippen LogP contribution in [0.1, 0.15) is 11.1 Å². The van der Waals surface area contributed by atoms with Gasteiger partial charge in [0.15, 0.2) is 0 Å². The third-order valence-corrected chi connectivity index (χ3v) is 1.70. The molecule has 0 N–H and O–H groups in total. The van der Waals surface area contributed by atoms with Crippen LogP contribution in [0.15, 0.2) is 36.4 Å². The standard InChI is InChI=1S/C12H10O2/c13-9-3-7-11-5-1-2-6-12(11)8-4-10-14/h1-10H/b7-3+,8-4+. The Morgan fingerprint density at radius 2 is 1.21 bits per heavy atom. The van der Waals surface area contributed by atoms with Gasteiger partial charge < -0.3 is 0 Å². The monoisotopic (exact) mass is 186 g/mol. The Kier molecular flexibility index (Phi) is 4.08. The predicted octanol–water partition coefficient (Wildman–Crippen LogP) is 2.11. The fraction of sp³-hybridized carbons (Fsp3) is 0. The molecule has 1 rings (SSSR count). The summed E-state index contributed by atoms with van der Waals surface area (Å²) >= 11 is 0. The molecular weight excluding hydrogens is 176 g/mol. The molecule has 0 atom stereocenters. The maximum atomic E-state index is 10.1. The number of aldehydes is 2. The zero-order chi connectivity index (χ0) is 10.2. The first-order valence-corrected chi connectivity index (χ1v) is 4.21. The Labute approximate surface area is 82.6 Å². The third-order valence-electron chi connectivity index (χ3n) is 1.70. The summed E-state index contributed by atoms with van der Waals surface area (Å²) in [4.78, 5) is 20.3. The molecular formula is C12H10O2. The van der Waals surface area contributed by atoms with E-state index in [-0.39, 0.29) is 0 Å². The van der Waals surface area contributed by atoms with Crippen LogP contribution in [0.25, 0.3) is 12.2 Å². The Hall–Kier alpha value is -1.96. The van der Waals surface area contributed by atoms with E-state index in [1.165, 1.54) is 12.2 Å². The van der Waals surface area contributed by atoms with Crippen LogP contribution >= 0.6 is 0 Å². The zero-order valence-corrected chi connectivity index (χ0v) is 7.59. The lowest BCUT2D eigenvalue weighted by Crippen LogP contribution is -1.79. The molecule has 0 aliphatic rings.